The molecule has 5 heterocycles. The third-order valence-corrected chi connectivity index (χ3v) is 10.3. The Balaban J connectivity index is 1.27. The number of hydrogen-bond acceptors (Lipinski definition) is 3. The summed E-state index contributed by atoms with van der Waals surface area (Å²) in [6.45, 7) is 0.503. The largest absolute Gasteiger partial charge is 0.489 e. The lowest BCUT2D eigenvalue weighted by Crippen LogP contribution is -1.95. The monoisotopic (exact) mass is 720 g/mol. The molecule has 0 fully saturated rings. The molecular formula is C51H36N4O. The van der Waals surface area contributed by atoms with E-state index in [0.29, 0.717) is 6.61 Å². The first kappa shape index (κ1) is 33.1. The number of aromatic nitrogens is 4. The number of ether oxygens (including phenoxy) is 1. The number of aromatic amines is 2. The van der Waals surface area contributed by atoms with Crippen LogP contribution in [0.2, 0.25) is 0 Å². The van der Waals surface area contributed by atoms with E-state index in [2.05, 4.69) is 156 Å². The van der Waals surface area contributed by atoms with Crippen LogP contribution in [0, 0.1) is 0 Å². The number of H-pyrrole nitrogens is 2. The first-order valence-electron chi connectivity index (χ1n) is 18.8. The van der Waals surface area contributed by atoms with Crippen LogP contribution in [0.25, 0.3) is 90.9 Å². The number of hydrogen-bond donors (Lipinski definition) is 2. The fourth-order valence-corrected chi connectivity index (χ4v) is 7.69. The molecule has 0 radical (unpaired) electrons. The molecule has 0 saturated carbocycles. The average Bonchev–Trinajstić information content (AvgIpc) is 4.10. The highest BCUT2D eigenvalue weighted by atomic mass is 16.5. The maximum absolute atomic E-state index is 6.19. The van der Waals surface area contributed by atoms with Crippen molar-refractivity contribution in [2.24, 2.45) is 0 Å². The Hall–Kier alpha value is -7.50. The van der Waals surface area contributed by atoms with Crippen LogP contribution < -0.4 is 4.74 Å². The Bertz CT molecular complexity index is 2890. The van der Waals surface area contributed by atoms with E-state index in [1.54, 1.807) is 0 Å². The molecule has 266 valence electrons. The third kappa shape index (κ3) is 6.31. The maximum Gasteiger partial charge on any atom is 0.119 e. The van der Waals surface area contributed by atoms with Crippen LogP contribution in [0.3, 0.4) is 0 Å². The Labute approximate surface area is 325 Å². The Morgan fingerprint density at radius 2 is 0.661 bits per heavy atom. The standard InChI is InChI=1S/C51H36N4O/c1-5-13-34(14-6-1)33-56-39-23-21-38(22-24-39)51-46-31-29-44(54-46)49(36-17-9-3-10-18-36)42-27-25-40(52-42)48(35-15-7-2-8-16-35)41-26-28-43(53-41)50(37-19-11-4-12-20-37)45-30-32-47(51)55-45/h1-32,52,55H,33H2. The molecule has 10 rings (SSSR count). The van der Waals surface area contributed by atoms with E-state index in [9.17, 15) is 0 Å². The summed E-state index contributed by atoms with van der Waals surface area (Å²) < 4.78 is 6.19. The minimum absolute atomic E-state index is 0.503. The molecule has 0 unspecified atom stereocenters. The van der Waals surface area contributed by atoms with Gasteiger partial charge in [-0.25, -0.2) is 9.97 Å². The number of rotatable bonds is 7. The Morgan fingerprint density at radius 1 is 0.339 bits per heavy atom. The zero-order valence-electron chi connectivity index (χ0n) is 30.5. The van der Waals surface area contributed by atoms with Gasteiger partial charge >= 0.3 is 0 Å². The van der Waals surface area contributed by atoms with Gasteiger partial charge in [-0.15, -0.1) is 0 Å². The van der Waals surface area contributed by atoms with E-state index in [4.69, 9.17) is 14.7 Å². The molecule has 0 atom stereocenters. The summed E-state index contributed by atoms with van der Waals surface area (Å²) in [5.41, 5.74) is 16.9. The highest BCUT2D eigenvalue weighted by Crippen LogP contribution is 2.38. The van der Waals surface area contributed by atoms with E-state index in [-0.39, 0.29) is 0 Å². The van der Waals surface area contributed by atoms with E-state index in [0.717, 1.165) is 101 Å². The zero-order chi connectivity index (χ0) is 37.3. The molecule has 8 aromatic rings. The molecule has 0 spiro atoms. The third-order valence-electron chi connectivity index (χ3n) is 10.3. The van der Waals surface area contributed by atoms with Crippen molar-refractivity contribution in [1.29, 1.82) is 0 Å². The van der Waals surface area contributed by atoms with Gasteiger partial charge in [-0.05, 0) is 88.5 Å². The van der Waals surface area contributed by atoms with Gasteiger partial charge in [0.25, 0.3) is 0 Å². The highest BCUT2D eigenvalue weighted by Gasteiger charge is 2.19. The zero-order valence-corrected chi connectivity index (χ0v) is 30.5. The van der Waals surface area contributed by atoms with Crippen molar-refractivity contribution in [2.45, 2.75) is 6.61 Å². The fraction of sp³-hybridized carbons (Fsp3) is 0.0196. The first-order chi connectivity index (χ1) is 27.7. The molecule has 5 heteroatoms. The van der Waals surface area contributed by atoms with Crippen LogP contribution >= 0.6 is 0 Å². The van der Waals surface area contributed by atoms with Gasteiger partial charge in [-0.1, -0.05) is 133 Å². The molecule has 3 aromatic heterocycles. The van der Waals surface area contributed by atoms with Gasteiger partial charge in [0.15, 0.2) is 0 Å². The topological polar surface area (TPSA) is 66.6 Å². The molecule has 2 aliphatic rings. The predicted octanol–water partition coefficient (Wildman–Crippen LogP) is 12.9. The van der Waals surface area contributed by atoms with Crippen molar-refractivity contribution in [3.8, 4) is 50.3 Å². The number of fused-ring (bicyclic) bond motifs is 8. The molecule has 2 aliphatic heterocycles. The van der Waals surface area contributed by atoms with Crippen molar-refractivity contribution in [2.75, 3.05) is 0 Å². The summed E-state index contributed by atoms with van der Waals surface area (Å²) >= 11 is 0. The number of nitrogens with zero attached hydrogens (tertiary/aromatic N) is 2. The summed E-state index contributed by atoms with van der Waals surface area (Å²) in [5.74, 6) is 0.807. The lowest BCUT2D eigenvalue weighted by atomic mass is 10.0. The van der Waals surface area contributed by atoms with Crippen LogP contribution in [0.4, 0.5) is 0 Å². The molecule has 5 nitrogen and oxygen atoms in total. The van der Waals surface area contributed by atoms with Crippen LogP contribution in [0.15, 0.2) is 170 Å². The molecular weight excluding hydrogens is 685 g/mol. The van der Waals surface area contributed by atoms with E-state index in [1.807, 2.05) is 48.5 Å². The Morgan fingerprint density at radius 3 is 1.02 bits per heavy atom. The summed E-state index contributed by atoms with van der Waals surface area (Å²) in [7, 11) is 0. The Kier molecular flexibility index (Phi) is 8.50. The minimum atomic E-state index is 0.503. The second-order valence-corrected chi connectivity index (χ2v) is 13.9. The van der Waals surface area contributed by atoms with Gasteiger partial charge in [0, 0.05) is 44.3 Å². The minimum Gasteiger partial charge on any atom is -0.489 e. The molecule has 0 saturated heterocycles. The lowest BCUT2D eigenvalue weighted by molar-refractivity contribution is 0.306. The maximum atomic E-state index is 6.19. The van der Waals surface area contributed by atoms with Crippen LogP contribution in [-0.4, -0.2) is 19.9 Å². The molecule has 8 bridgehead atoms. The van der Waals surface area contributed by atoms with E-state index < -0.39 is 0 Å². The van der Waals surface area contributed by atoms with Crippen LogP contribution in [0.1, 0.15) is 28.3 Å². The summed E-state index contributed by atoms with van der Waals surface area (Å²) in [6, 6.07) is 58.7. The lowest BCUT2D eigenvalue weighted by Gasteiger charge is -2.09. The van der Waals surface area contributed by atoms with Gasteiger partial charge in [0.1, 0.15) is 12.4 Å². The van der Waals surface area contributed by atoms with Crippen molar-refractivity contribution >= 4 is 46.4 Å². The predicted molar refractivity (Wildman–Crippen MR) is 231 cm³/mol. The van der Waals surface area contributed by atoms with Gasteiger partial charge in [-0.2, -0.15) is 0 Å². The molecule has 0 aliphatic carbocycles. The SMILES string of the molecule is C1=Cc2nc1c(-c1ccccc1)c1ccc([nH]1)c(-c1ccccc1)c1nc(c(-c3ccc(OCc4ccccc4)cc3)c3ccc([nH]3)c2-c2ccccc2)C=C1. The normalized spacial score (nSPS) is 11.9. The average molecular weight is 721 g/mol. The van der Waals surface area contributed by atoms with E-state index in [1.165, 1.54) is 0 Å². The van der Waals surface area contributed by atoms with Crippen LogP contribution in [-0.2, 0) is 6.61 Å². The van der Waals surface area contributed by atoms with Gasteiger partial charge in [0.2, 0.25) is 0 Å². The van der Waals surface area contributed by atoms with Crippen LogP contribution in [0.5, 0.6) is 5.75 Å². The smallest absolute Gasteiger partial charge is 0.119 e. The highest BCUT2D eigenvalue weighted by molar-refractivity contribution is 5.99. The quantitative estimate of drug-likeness (QED) is 0.172. The first-order valence-corrected chi connectivity index (χ1v) is 18.8. The van der Waals surface area contributed by atoms with Gasteiger partial charge in [-0.3, -0.25) is 0 Å². The van der Waals surface area contributed by atoms with Crippen molar-refractivity contribution in [3.63, 3.8) is 0 Å². The van der Waals surface area contributed by atoms with E-state index >= 15 is 0 Å². The van der Waals surface area contributed by atoms with Crippen molar-refractivity contribution in [1.82, 2.24) is 19.9 Å². The molecule has 56 heavy (non-hydrogen) atoms. The molecule has 5 aromatic carbocycles. The summed E-state index contributed by atoms with van der Waals surface area (Å²) in [6.07, 6.45) is 8.53. The van der Waals surface area contributed by atoms with Gasteiger partial charge < -0.3 is 14.7 Å². The summed E-state index contributed by atoms with van der Waals surface area (Å²) in [4.78, 5) is 18.5. The number of nitrogens with one attached hydrogen (secondary N) is 2. The second kappa shape index (κ2) is 14.4. The summed E-state index contributed by atoms with van der Waals surface area (Å²) in [5, 5.41) is 0. The van der Waals surface area contributed by atoms with Gasteiger partial charge in [0.05, 0.1) is 22.8 Å². The number of benzene rings is 5. The fourth-order valence-electron chi connectivity index (χ4n) is 7.69. The van der Waals surface area contributed by atoms with Crippen molar-refractivity contribution in [3.05, 3.63) is 198 Å². The molecule has 0 amide bonds. The second-order valence-electron chi connectivity index (χ2n) is 13.9. The molecule has 2 N–H and O–H groups in total. The van der Waals surface area contributed by atoms with Crippen molar-refractivity contribution < 1.29 is 4.74 Å².